The van der Waals surface area contributed by atoms with Crippen molar-refractivity contribution in [3.05, 3.63) is 48.0 Å². The predicted octanol–water partition coefficient (Wildman–Crippen LogP) is 2.43. The molecule has 2 aromatic heterocycles. The van der Waals surface area contributed by atoms with E-state index >= 15 is 0 Å². The fourth-order valence-corrected chi connectivity index (χ4v) is 3.55. The molecule has 0 spiro atoms. The van der Waals surface area contributed by atoms with Gasteiger partial charge < -0.3 is 4.90 Å². The maximum Gasteiger partial charge on any atom is 0.233 e. The summed E-state index contributed by atoms with van der Waals surface area (Å²) in [5.41, 5.74) is 3.66. The molecule has 1 aromatic carbocycles. The number of hydrogen-bond acceptors (Lipinski definition) is 7. The molecule has 7 nitrogen and oxygen atoms in total. The van der Waals surface area contributed by atoms with Crippen molar-refractivity contribution >= 4 is 29.0 Å². The molecule has 0 N–H and O–H groups in total. The van der Waals surface area contributed by atoms with E-state index in [1.165, 1.54) is 29.4 Å². The Morgan fingerprint density at radius 3 is 2.79 bits per heavy atom. The summed E-state index contributed by atoms with van der Waals surface area (Å²) in [6.45, 7) is 2.01. The molecule has 0 saturated carbocycles. The Bertz CT molecular complexity index is 773. The molecular weight excluding hydrogens is 344 g/mol. The smallest absolute Gasteiger partial charge is 0.233 e. The van der Waals surface area contributed by atoms with Gasteiger partial charge in [-0.2, -0.15) is 5.10 Å². The van der Waals surface area contributed by atoms with Gasteiger partial charge in [-0.1, -0.05) is 35.2 Å². The van der Waals surface area contributed by atoms with Crippen LogP contribution in [0.1, 0.15) is 18.5 Å². The number of amides is 1. The predicted molar refractivity (Wildman–Crippen MR) is 93.2 cm³/mol. The van der Waals surface area contributed by atoms with E-state index in [4.69, 9.17) is 0 Å². The van der Waals surface area contributed by atoms with Crippen molar-refractivity contribution in [1.29, 1.82) is 0 Å². The highest BCUT2D eigenvalue weighted by Gasteiger charge is 2.18. The summed E-state index contributed by atoms with van der Waals surface area (Å²) >= 11 is 2.85. The summed E-state index contributed by atoms with van der Waals surface area (Å²) in [5, 5.41) is 11.8. The average molecular weight is 360 g/mol. The Labute approximate surface area is 147 Å². The van der Waals surface area contributed by atoms with Crippen LogP contribution in [0.2, 0.25) is 0 Å². The second-order valence-electron chi connectivity index (χ2n) is 5.11. The van der Waals surface area contributed by atoms with Crippen LogP contribution in [0.4, 0.5) is 0 Å². The van der Waals surface area contributed by atoms with E-state index in [9.17, 15) is 4.79 Å². The molecule has 124 valence electrons. The maximum absolute atomic E-state index is 12.3. The number of carbonyl (C=O) groups is 1. The molecular formula is C15H16N6OS2. The van der Waals surface area contributed by atoms with Gasteiger partial charge in [-0.05, 0) is 24.6 Å². The zero-order valence-corrected chi connectivity index (χ0v) is 14.9. The van der Waals surface area contributed by atoms with Gasteiger partial charge in [0.05, 0.1) is 17.5 Å². The summed E-state index contributed by atoms with van der Waals surface area (Å²) < 4.78 is 2.50. The van der Waals surface area contributed by atoms with Gasteiger partial charge in [-0.15, -0.1) is 10.2 Å². The number of aromatic nitrogens is 5. The minimum absolute atomic E-state index is 0.0164. The lowest BCUT2D eigenvalue weighted by molar-refractivity contribution is -0.128. The first-order valence-electron chi connectivity index (χ1n) is 7.24. The van der Waals surface area contributed by atoms with Gasteiger partial charge in [0.25, 0.3) is 0 Å². The highest BCUT2D eigenvalue weighted by molar-refractivity contribution is 8.01. The van der Waals surface area contributed by atoms with E-state index in [1.54, 1.807) is 21.4 Å². The van der Waals surface area contributed by atoms with Crippen LogP contribution < -0.4 is 0 Å². The second-order valence-corrected chi connectivity index (χ2v) is 7.16. The molecule has 1 unspecified atom stereocenters. The minimum atomic E-state index is -0.0164. The quantitative estimate of drug-likeness (QED) is 0.628. The molecule has 9 heteroatoms. The van der Waals surface area contributed by atoms with Gasteiger partial charge in [-0.3, -0.25) is 4.79 Å². The van der Waals surface area contributed by atoms with Crippen molar-refractivity contribution in [3.8, 4) is 5.69 Å². The van der Waals surface area contributed by atoms with Crippen molar-refractivity contribution in [2.45, 2.75) is 17.3 Å². The van der Waals surface area contributed by atoms with Gasteiger partial charge in [0.1, 0.15) is 18.2 Å². The van der Waals surface area contributed by atoms with Gasteiger partial charge in [0.15, 0.2) is 4.34 Å². The zero-order valence-electron chi connectivity index (χ0n) is 13.2. The van der Waals surface area contributed by atoms with E-state index in [0.717, 1.165) is 15.6 Å². The van der Waals surface area contributed by atoms with E-state index in [2.05, 4.69) is 20.3 Å². The Kier molecular flexibility index (Phi) is 5.21. The van der Waals surface area contributed by atoms with Crippen LogP contribution in [0.5, 0.6) is 0 Å². The lowest BCUT2D eigenvalue weighted by Crippen LogP contribution is -2.31. The number of carbonyl (C=O) groups excluding carboxylic acids is 1. The summed E-state index contributed by atoms with van der Waals surface area (Å²) in [6, 6.07) is 7.92. The highest BCUT2D eigenvalue weighted by Crippen LogP contribution is 2.23. The minimum Gasteiger partial charge on any atom is -0.338 e. The van der Waals surface area contributed by atoms with E-state index in [-0.39, 0.29) is 11.9 Å². The van der Waals surface area contributed by atoms with Crippen molar-refractivity contribution in [3.63, 3.8) is 0 Å². The molecule has 24 heavy (non-hydrogen) atoms. The van der Waals surface area contributed by atoms with Crippen molar-refractivity contribution < 1.29 is 4.79 Å². The lowest BCUT2D eigenvalue weighted by atomic mass is 10.1. The Morgan fingerprint density at radius 2 is 2.17 bits per heavy atom. The average Bonchev–Trinajstić information content (AvgIpc) is 3.32. The van der Waals surface area contributed by atoms with Crippen LogP contribution in [-0.2, 0) is 4.79 Å². The topological polar surface area (TPSA) is 76.8 Å². The maximum atomic E-state index is 12.3. The van der Waals surface area contributed by atoms with Crippen LogP contribution >= 0.6 is 23.1 Å². The van der Waals surface area contributed by atoms with Crippen LogP contribution in [0.25, 0.3) is 5.69 Å². The van der Waals surface area contributed by atoms with Crippen LogP contribution in [0, 0.1) is 0 Å². The van der Waals surface area contributed by atoms with Crippen LogP contribution in [0.3, 0.4) is 0 Å². The van der Waals surface area contributed by atoms with Gasteiger partial charge in [0.2, 0.25) is 5.91 Å². The fraction of sp³-hybridized carbons (Fsp3) is 0.267. The van der Waals surface area contributed by atoms with Gasteiger partial charge >= 0.3 is 0 Å². The highest BCUT2D eigenvalue weighted by atomic mass is 32.2. The molecule has 0 radical (unpaired) electrons. The molecule has 0 fully saturated rings. The molecule has 0 aliphatic rings. The van der Waals surface area contributed by atoms with E-state index < -0.39 is 0 Å². The standard InChI is InChI=1S/C15H16N6OS2/c1-11(20(2)14(22)7-23-15-19-17-10-24-15)12-3-5-13(6-4-12)21-9-16-8-18-21/h3-6,8-11H,7H2,1-2H3. The second kappa shape index (κ2) is 7.54. The number of benzene rings is 1. The lowest BCUT2D eigenvalue weighted by Gasteiger charge is -2.25. The summed E-state index contributed by atoms with van der Waals surface area (Å²) in [6.07, 6.45) is 3.15. The Hall–Kier alpha value is -2.26. The normalized spacial score (nSPS) is 12.1. The Balaban J connectivity index is 1.62. The third kappa shape index (κ3) is 3.80. The van der Waals surface area contributed by atoms with Crippen LogP contribution in [-0.4, -0.2) is 48.6 Å². The zero-order chi connectivity index (χ0) is 16.9. The molecule has 1 amide bonds. The molecule has 3 aromatic rings. The van der Waals surface area contributed by atoms with Crippen molar-refractivity contribution in [2.75, 3.05) is 12.8 Å². The van der Waals surface area contributed by atoms with E-state index in [0.29, 0.717) is 5.75 Å². The fourth-order valence-electron chi connectivity index (χ4n) is 2.14. The van der Waals surface area contributed by atoms with Crippen molar-refractivity contribution in [2.24, 2.45) is 0 Å². The molecule has 1 atom stereocenters. The number of thioether (sulfide) groups is 1. The number of hydrogen-bond donors (Lipinski definition) is 0. The molecule has 0 aliphatic carbocycles. The largest absolute Gasteiger partial charge is 0.338 e. The third-order valence-electron chi connectivity index (χ3n) is 3.69. The summed E-state index contributed by atoms with van der Waals surface area (Å²) in [4.78, 5) is 18.0. The SMILES string of the molecule is CC(c1ccc(-n2cncn2)cc1)N(C)C(=O)CSc1nncs1. The summed E-state index contributed by atoms with van der Waals surface area (Å²) in [7, 11) is 1.82. The number of nitrogens with zero attached hydrogens (tertiary/aromatic N) is 6. The Morgan fingerprint density at radius 1 is 1.38 bits per heavy atom. The first kappa shape index (κ1) is 16.6. The molecule has 0 saturated heterocycles. The van der Waals surface area contributed by atoms with Crippen molar-refractivity contribution in [1.82, 2.24) is 29.9 Å². The first-order chi connectivity index (χ1) is 11.6. The number of rotatable bonds is 6. The molecule has 0 aliphatic heterocycles. The first-order valence-corrected chi connectivity index (χ1v) is 9.11. The van der Waals surface area contributed by atoms with Gasteiger partial charge in [0, 0.05) is 7.05 Å². The molecule has 0 bridgehead atoms. The van der Waals surface area contributed by atoms with E-state index in [1.807, 2.05) is 38.2 Å². The summed E-state index contributed by atoms with van der Waals surface area (Å²) in [5.74, 6) is 0.413. The van der Waals surface area contributed by atoms with Crippen LogP contribution in [0.15, 0.2) is 46.8 Å². The third-order valence-corrected chi connectivity index (χ3v) is 5.54. The van der Waals surface area contributed by atoms with Gasteiger partial charge in [-0.25, -0.2) is 9.67 Å². The molecule has 2 heterocycles. The molecule has 3 rings (SSSR count). The monoisotopic (exact) mass is 360 g/mol.